The Balaban J connectivity index is 2.26. The molecule has 1 N–H and O–H groups in total. The molecule has 1 heterocycles. The second kappa shape index (κ2) is 4.97. The van der Waals surface area contributed by atoms with Gasteiger partial charge in [0.2, 0.25) is 0 Å². The van der Waals surface area contributed by atoms with Crippen molar-refractivity contribution in [1.82, 2.24) is 4.98 Å². The van der Waals surface area contributed by atoms with Crippen molar-refractivity contribution >= 4 is 17.3 Å². The number of thiazole rings is 1. The molecule has 0 bridgehead atoms. The Morgan fingerprint density at radius 2 is 2.35 bits per heavy atom. The highest BCUT2D eigenvalue weighted by molar-refractivity contribution is 7.15. The topological polar surface area (TPSA) is 59.4 Å². The standard InChI is InChI=1S/C12H11NO3S/c1-16-9-4-2-3-8(5-9)12-13-7-10(17-12)6-11(14)15/h2-5,7H,6H2,1H3,(H,14,15). The highest BCUT2D eigenvalue weighted by Gasteiger charge is 2.08. The van der Waals surface area contributed by atoms with Crippen molar-refractivity contribution in [2.45, 2.75) is 6.42 Å². The van der Waals surface area contributed by atoms with Crippen LogP contribution in [0.1, 0.15) is 4.88 Å². The van der Waals surface area contributed by atoms with Crippen LogP contribution in [0.25, 0.3) is 10.6 Å². The summed E-state index contributed by atoms with van der Waals surface area (Å²) in [5.74, 6) is -0.0803. The molecule has 0 spiro atoms. The summed E-state index contributed by atoms with van der Waals surface area (Å²) in [6.07, 6.45) is 1.62. The fourth-order valence-electron chi connectivity index (χ4n) is 1.43. The predicted octanol–water partition coefficient (Wildman–Crippen LogP) is 2.45. The van der Waals surface area contributed by atoms with Crippen LogP contribution in [0.15, 0.2) is 30.5 Å². The lowest BCUT2D eigenvalue weighted by Crippen LogP contribution is -1.97. The smallest absolute Gasteiger partial charge is 0.308 e. The van der Waals surface area contributed by atoms with E-state index in [0.29, 0.717) is 0 Å². The van der Waals surface area contributed by atoms with Crippen LogP contribution in [0.4, 0.5) is 0 Å². The quantitative estimate of drug-likeness (QED) is 0.904. The normalized spacial score (nSPS) is 10.2. The minimum atomic E-state index is -0.842. The Labute approximate surface area is 103 Å². The third kappa shape index (κ3) is 2.82. The maximum atomic E-state index is 10.6. The second-order valence-electron chi connectivity index (χ2n) is 3.43. The van der Waals surface area contributed by atoms with Gasteiger partial charge in [0, 0.05) is 16.6 Å². The fraction of sp³-hybridized carbons (Fsp3) is 0.167. The first-order valence-electron chi connectivity index (χ1n) is 5.00. The van der Waals surface area contributed by atoms with Gasteiger partial charge in [0.25, 0.3) is 0 Å². The van der Waals surface area contributed by atoms with Crippen molar-refractivity contribution in [2.24, 2.45) is 0 Å². The highest BCUT2D eigenvalue weighted by atomic mass is 32.1. The molecular weight excluding hydrogens is 238 g/mol. The Kier molecular flexibility index (Phi) is 3.39. The number of aromatic nitrogens is 1. The van der Waals surface area contributed by atoms with E-state index in [1.54, 1.807) is 13.3 Å². The molecule has 1 aromatic carbocycles. The molecule has 88 valence electrons. The lowest BCUT2D eigenvalue weighted by atomic mass is 10.2. The minimum Gasteiger partial charge on any atom is -0.497 e. The second-order valence-corrected chi connectivity index (χ2v) is 4.55. The van der Waals surface area contributed by atoms with Crippen LogP contribution >= 0.6 is 11.3 Å². The van der Waals surface area contributed by atoms with E-state index in [0.717, 1.165) is 21.2 Å². The van der Waals surface area contributed by atoms with Gasteiger partial charge < -0.3 is 9.84 Å². The number of aliphatic carboxylic acids is 1. The van der Waals surface area contributed by atoms with Gasteiger partial charge in [-0.15, -0.1) is 11.3 Å². The molecule has 0 unspecified atom stereocenters. The number of methoxy groups -OCH3 is 1. The summed E-state index contributed by atoms with van der Waals surface area (Å²) in [5.41, 5.74) is 0.936. The molecule has 0 radical (unpaired) electrons. The van der Waals surface area contributed by atoms with E-state index in [4.69, 9.17) is 9.84 Å². The Hall–Kier alpha value is -1.88. The van der Waals surface area contributed by atoms with Crippen LogP contribution in [-0.4, -0.2) is 23.2 Å². The highest BCUT2D eigenvalue weighted by Crippen LogP contribution is 2.27. The molecule has 0 aliphatic carbocycles. The van der Waals surface area contributed by atoms with Gasteiger partial charge in [-0.2, -0.15) is 0 Å². The Morgan fingerprint density at radius 1 is 1.53 bits per heavy atom. The molecule has 1 aromatic heterocycles. The Bertz CT molecular complexity index is 536. The van der Waals surface area contributed by atoms with Gasteiger partial charge in [-0.3, -0.25) is 4.79 Å². The van der Waals surface area contributed by atoms with Gasteiger partial charge in [-0.05, 0) is 12.1 Å². The summed E-state index contributed by atoms with van der Waals surface area (Å²) in [4.78, 5) is 15.5. The molecule has 0 fully saturated rings. The van der Waals surface area contributed by atoms with Crippen LogP contribution in [0.5, 0.6) is 5.75 Å². The van der Waals surface area contributed by atoms with Gasteiger partial charge in [0.05, 0.1) is 13.5 Å². The maximum Gasteiger partial charge on any atom is 0.308 e. The SMILES string of the molecule is COc1cccc(-c2ncc(CC(=O)O)s2)c1. The van der Waals surface area contributed by atoms with Gasteiger partial charge in [-0.1, -0.05) is 12.1 Å². The number of ether oxygens (including phenoxy) is 1. The number of hydrogen-bond acceptors (Lipinski definition) is 4. The number of rotatable bonds is 4. The minimum absolute atomic E-state index is 0.0155. The summed E-state index contributed by atoms with van der Waals surface area (Å²) in [7, 11) is 1.61. The number of hydrogen-bond donors (Lipinski definition) is 1. The van der Waals surface area contributed by atoms with Gasteiger partial charge in [-0.25, -0.2) is 4.98 Å². The summed E-state index contributed by atoms with van der Waals surface area (Å²) >= 11 is 1.39. The van der Waals surface area contributed by atoms with Crippen molar-refractivity contribution in [2.75, 3.05) is 7.11 Å². The molecular formula is C12H11NO3S. The van der Waals surface area contributed by atoms with Crippen LogP contribution < -0.4 is 4.74 Å². The van der Waals surface area contributed by atoms with Crippen LogP contribution in [0.3, 0.4) is 0 Å². The summed E-state index contributed by atoms with van der Waals surface area (Å²) in [6.45, 7) is 0. The number of nitrogens with zero attached hydrogens (tertiary/aromatic N) is 1. The molecule has 0 atom stereocenters. The predicted molar refractivity (Wildman–Crippen MR) is 65.4 cm³/mol. The molecule has 0 saturated carbocycles. The van der Waals surface area contributed by atoms with Crippen LogP contribution in [0, 0.1) is 0 Å². The molecule has 17 heavy (non-hydrogen) atoms. The lowest BCUT2D eigenvalue weighted by molar-refractivity contribution is -0.136. The molecule has 0 aliphatic heterocycles. The molecule has 5 heteroatoms. The fourth-order valence-corrected chi connectivity index (χ4v) is 2.33. The third-order valence-corrected chi connectivity index (χ3v) is 3.24. The van der Waals surface area contributed by atoms with Crippen molar-refractivity contribution in [3.8, 4) is 16.3 Å². The first-order valence-corrected chi connectivity index (χ1v) is 5.81. The van der Waals surface area contributed by atoms with Crippen LogP contribution in [-0.2, 0) is 11.2 Å². The van der Waals surface area contributed by atoms with Gasteiger partial charge >= 0.3 is 5.97 Å². The molecule has 2 rings (SSSR count). The largest absolute Gasteiger partial charge is 0.497 e. The molecule has 0 amide bonds. The maximum absolute atomic E-state index is 10.6. The van der Waals surface area contributed by atoms with E-state index in [1.807, 2.05) is 24.3 Å². The monoisotopic (exact) mass is 249 g/mol. The summed E-state index contributed by atoms with van der Waals surface area (Å²) < 4.78 is 5.13. The first-order chi connectivity index (χ1) is 8.19. The summed E-state index contributed by atoms with van der Waals surface area (Å²) in [6, 6.07) is 7.54. The first kappa shape index (κ1) is 11.6. The van der Waals surface area contributed by atoms with E-state index < -0.39 is 5.97 Å². The zero-order valence-electron chi connectivity index (χ0n) is 9.21. The summed E-state index contributed by atoms with van der Waals surface area (Å²) in [5, 5.41) is 9.49. The van der Waals surface area contributed by atoms with Crippen molar-refractivity contribution < 1.29 is 14.6 Å². The number of benzene rings is 1. The average Bonchev–Trinajstić information content (AvgIpc) is 2.77. The number of carboxylic acids is 1. The third-order valence-electron chi connectivity index (χ3n) is 2.20. The van der Waals surface area contributed by atoms with Gasteiger partial charge in [0.1, 0.15) is 10.8 Å². The van der Waals surface area contributed by atoms with E-state index >= 15 is 0 Å². The van der Waals surface area contributed by atoms with Crippen molar-refractivity contribution in [1.29, 1.82) is 0 Å². The van der Waals surface area contributed by atoms with Crippen LogP contribution in [0.2, 0.25) is 0 Å². The zero-order chi connectivity index (χ0) is 12.3. The zero-order valence-corrected chi connectivity index (χ0v) is 10.0. The van der Waals surface area contributed by atoms with Gasteiger partial charge in [0.15, 0.2) is 0 Å². The number of carboxylic acid groups (broad SMARTS) is 1. The van der Waals surface area contributed by atoms with E-state index in [9.17, 15) is 4.79 Å². The number of carbonyl (C=O) groups is 1. The van der Waals surface area contributed by atoms with E-state index in [1.165, 1.54) is 11.3 Å². The lowest BCUT2D eigenvalue weighted by Gasteiger charge is -2.00. The molecule has 0 saturated heterocycles. The van der Waals surface area contributed by atoms with E-state index in [-0.39, 0.29) is 6.42 Å². The van der Waals surface area contributed by atoms with Crippen molar-refractivity contribution in [3.05, 3.63) is 35.3 Å². The molecule has 2 aromatic rings. The van der Waals surface area contributed by atoms with Crippen molar-refractivity contribution in [3.63, 3.8) is 0 Å². The Morgan fingerprint density at radius 3 is 3.06 bits per heavy atom. The molecule has 4 nitrogen and oxygen atoms in total. The van der Waals surface area contributed by atoms with E-state index in [2.05, 4.69) is 4.98 Å². The average molecular weight is 249 g/mol. The molecule has 0 aliphatic rings.